The Hall–Kier alpha value is -1.61. The third-order valence-electron chi connectivity index (χ3n) is 2.62. The number of rotatable bonds is 6. The van der Waals surface area contributed by atoms with E-state index in [9.17, 15) is 9.59 Å². The van der Waals surface area contributed by atoms with E-state index >= 15 is 0 Å². The van der Waals surface area contributed by atoms with Gasteiger partial charge in [0.05, 0.1) is 6.07 Å². The molecule has 1 amide bonds. The van der Waals surface area contributed by atoms with Crippen LogP contribution in [0.4, 0.5) is 0 Å². The van der Waals surface area contributed by atoms with Crippen molar-refractivity contribution in [3.05, 3.63) is 0 Å². The van der Waals surface area contributed by atoms with Gasteiger partial charge in [-0.1, -0.05) is 0 Å². The number of carbonyl (C=O) groups is 2. The minimum absolute atomic E-state index is 0.265. The number of ether oxygens (including phenoxy) is 1. The molecule has 6 nitrogen and oxygen atoms in total. The van der Waals surface area contributed by atoms with Gasteiger partial charge in [0.15, 0.2) is 0 Å². The van der Waals surface area contributed by atoms with Crippen molar-refractivity contribution in [2.45, 2.75) is 44.2 Å². The molecule has 0 saturated carbocycles. The number of carboxylic acids is 1. The smallest absolute Gasteiger partial charge is 0.326 e. The van der Waals surface area contributed by atoms with Gasteiger partial charge in [0.2, 0.25) is 5.91 Å². The molecule has 0 aromatic heterocycles. The number of carboxylic acid groups (broad SMARTS) is 1. The molecule has 17 heavy (non-hydrogen) atoms. The van der Waals surface area contributed by atoms with E-state index in [1.807, 2.05) is 6.07 Å². The van der Waals surface area contributed by atoms with E-state index in [1.165, 1.54) is 0 Å². The first kappa shape index (κ1) is 13.5. The van der Waals surface area contributed by atoms with Crippen molar-refractivity contribution in [3.8, 4) is 6.07 Å². The molecular weight excluding hydrogens is 224 g/mol. The van der Waals surface area contributed by atoms with Gasteiger partial charge in [-0.05, 0) is 25.7 Å². The molecule has 1 saturated heterocycles. The number of carbonyl (C=O) groups excluding carboxylic acids is 1. The molecule has 1 rings (SSSR count). The Morgan fingerprint density at radius 1 is 1.59 bits per heavy atom. The van der Waals surface area contributed by atoms with E-state index in [2.05, 4.69) is 5.32 Å². The van der Waals surface area contributed by atoms with Gasteiger partial charge in [0, 0.05) is 13.0 Å². The Morgan fingerprint density at radius 2 is 2.35 bits per heavy atom. The van der Waals surface area contributed by atoms with Crippen molar-refractivity contribution < 1.29 is 19.4 Å². The zero-order valence-electron chi connectivity index (χ0n) is 9.52. The van der Waals surface area contributed by atoms with Crippen LogP contribution in [-0.2, 0) is 14.3 Å². The summed E-state index contributed by atoms with van der Waals surface area (Å²) in [5.74, 6) is -1.44. The zero-order chi connectivity index (χ0) is 12.7. The molecule has 0 aliphatic carbocycles. The summed E-state index contributed by atoms with van der Waals surface area (Å²) < 4.78 is 5.16. The highest BCUT2D eigenvalue weighted by Gasteiger charge is 2.27. The lowest BCUT2D eigenvalue weighted by molar-refractivity contribution is -0.143. The molecule has 1 fully saturated rings. The van der Waals surface area contributed by atoms with E-state index in [0.717, 1.165) is 6.42 Å². The van der Waals surface area contributed by atoms with Crippen LogP contribution in [-0.4, -0.2) is 35.7 Å². The molecule has 0 aromatic carbocycles. The van der Waals surface area contributed by atoms with Crippen LogP contribution >= 0.6 is 0 Å². The van der Waals surface area contributed by atoms with Gasteiger partial charge >= 0.3 is 5.97 Å². The van der Waals surface area contributed by atoms with E-state index in [0.29, 0.717) is 25.9 Å². The monoisotopic (exact) mass is 240 g/mol. The number of hydrogen-bond acceptors (Lipinski definition) is 4. The number of amides is 1. The fourth-order valence-electron chi connectivity index (χ4n) is 1.69. The van der Waals surface area contributed by atoms with Crippen LogP contribution in [0, 0.1) is 11.3 Å². The lowest BCUT2D eigenvalue weighted by Crippen LogP contribution is -2.45. The van der Waals surface area contributed by atoms with E-state index < -0.39 is 18.1 Å². The number of nitrogens with one attached hydrogen (secondary N) is 1. The fraction of sp³-hybridized carbons (Fsp3) is 0.727. The van der Waals surface area contributed by atoms with Crippen molar-refractivity contribution in [1.29, 1.82) is 5.26 Å². The molecule has 0 unspecified atom stereocenters. The van der Waals surface area contributed by atoms with Crippen molar-refractivity contribution in [2.75, 3.05) is 6.61 Å². The van der Waals surface area contributed by atoms with Gasteiger partial charge in [-0.25, -0.2) is 4.79 Å². The normalized spacial score (nSPS) is 20.5. The lowest BCUT2D eigenvalue weighted by Gasteiger charge is -2.16. The second-order valence-electron chi connectivity index (χ2n) is 3.95. The number of nitriles is 1. The van der Waals surface area contributed by atoms with Gasteiger partial charge in [-0.3, -0.25) is 4.79 Å². The Bertz CT molecular complexity index is 318. The molecule has 2 N–H and O–H groups in total. The third-order valence-corrected chi connectivity index (χ3v) is 2.62. The molecule has 1 aliphatic rings. The fourth-order valence-corrected chi connectivity index (χ4v) is 1.69. The quantitative estimate of drug-likeness (QED) is 0.656. The summed E-state index contributed by atoms with van der Waals surface area (Å²) in [5, 5.41) is 19.7. The first-order valence-electron chi connectivity index (χ1n) is 5.67. The highest BCUT2D eigenvalue weighted by molar-refractivity contribution is 5.86. The summed E-state index contributed by atoms with van der Waals surface area (Å²) in [6.07, 6.45) is 1.95. The van der Waals surface area contributed by atoms with Crippen LogP contribution < -0.4 is 5.32 Å². The maximum Gasteiger partial charge on any atom is 0.326 e. The Kier molecular flexibility index (Phi) is 5.43. The van der Waals surface area contributed by atoms with Crippen molar-refractivity contribution in [3.63, 3.8) is 0 Å². The summed E-state index contributed by atoms with van der Waals surface area (Å²) in [5.41, 5.74) is 0. The molecule has 0 bridgehead atoms. The van der Waals surface area contributed by atoms with Crippen LogP contribution in [0.25, 0.3) is 0 Å². The average Bonchev–Trinajstić information content (AvgIpc) is 2.81. The number of aliphatic carboxylic acids is 1. The van der Waals surface area contributed by atoms with Crippen molar-refractivity contribution >= 4 is 11.9 Å². The summed E-state index contributed by atoms with van der Waals surface area (Å²) >= 11 is 0. The zero-order valence-corrected chi connectivity index (χ0v) is 9.52. The highest BCUT2D eigenvalue weighted by atomic mass is 16.5. The molecule has 0 aromatic rings. The van der Waals surface area contributed by atoms with Crippen LogP contribution in [0.2, 0.25) is 0 Å². The molecule has 0 spiro atoms. The van der Waals surface area contributed by atoms with Crippen molar-refractivity contribution in [2.24, 2.45) is 0 Å². The topological polar surface area (TPSA) is 99.4 Å². The predicted octanol–water partition coefficient (Wildman–Crippen LogP) is 0.429. The average molecular weight is 240 g/mol. The van der Waals surface area contributed by atoms with Crippen LogP contribution in [0.15, 0.2) is 0 Å². The Balaban J connectivity index is 2.40. The van der Waals surface area contributed by atoms with Crippen LogP contribution in [0.5, 0.6) is 0 Å². The standard InChI is InChI=1S/C11H16N2O4/c12-6-2-1-4-8(11(15)16)13-10(14)9-5-3-7-17-9/h8-9H,1-5,7H2,(H,13,14)(H,15,16)/t8-,9+/m1/s1. The van der Waals surface area contributed by atoms with Gasteiger partial charge < -0.3 is 15.2 Å². The first-order valence-corrected chi connectivity index (χ1v) is 5.67. The second-order valence-corrected chi connectivity index (χ2v) is 3.95. The SMILES string of the molecule is N#CCCC[C@@H](NC(=O)[C@@H]1CCCO1)C(=O)O. The maximum atomic E-state index is 11.6. The van der Waals surface area contributed by atoms with E-state index in [-0.39, 0.29) is 12.3 Å². The predicted molar refractivity (Wildman–Crippen MR) is 58.0 cm³/mol. The molecule has 94 valence electrons. The Labute approximate surface area is 99.6 Å². The Morgan fingerprint density at radius 3 is 2.88 bits per heavy atom. The summed E-state index contributed by atoms with van der Waals surface area (Å²) in [7, 11) is 0. The largest absolute Gasteiger partial charge is 0.480 e. The molecule has 0 radical (unpaired) electrons. The molecule has 1 aliphatic heterocycles. The van der Waals surface area contributed by atoms with Gasteiger partial charge in [0.25, 0.3) is 0 Å². The van der Waals surface area contributed by atoms with Crippen LogP contribution in [0.1, 0.15) is 32.1 Å². The lowest BCUT2D eigenvalue weighted by atomic mass is 10.1. The number of unbranched alkanes of at least 4 members (excludes halogenated alkanes) is 1. The molecule has 2 atom stereocenters. The number of nitrogens with zero attached hydrogens (tertiary/aromatic N) is 1. The maximum absolute atomic E-state index is 11.6. The summed E-state index contributed by atoms with van der Waals surface area (Å²) in [4.78, 5) is 22.5. The highest BCUT2D eigenvalue weighted by Crippen LogP contribution is 2.12. The molecule has 6 heteroatoms. The van der Waals surface area contributed by atoms with Gasteiger partial charge in [-0.15, -0.1) is 0 Å². The summed E-state index contributed by atoms with van der Waals surface area (Å²) in [6, 6.07) is 1.01. The van der Waals surface area contributed by atoms with Crippen molar-refractivity contribution in [1.82, 2.24) is 5.32 Å². The summed E-state index contributed by atoms with van der Waals surface area (Å²) in [6.45, 7) is 0.546. The van der Waals surface area contributed by atoms with Crippen LogP contribution in [0.3, 0.4) is 0 Å². The molecule has 1 heterocycles. The third kappa shape index (κ3) is 4.41. The molecular formula is C11H16N2O4. The van der Waals surface area contributed by atoms with E-state index in [4.69, 9.17) is 15.1 Å². The minimum Gasteiger partial charge on any atom is -0.480 e. The number of hydrogen-bond donors (Lipinski definition) is 2. The first-order chi connectivity index (χ1) is 8.15. The second kappa shape index (κ2) is 6.86. The minimum atomic E-state index is -1.07. The van der Waals surface area contributed by atoms with Gasteiger partial charge in [-0.2, -0.15) is 5.26 Å². The van der Waals surface area contributed by atoms with E-state index in [1.54, 1.807) is 0 Å². The van der Waals surface area contributed by atoms with Gasteiger partial charge in [0.1, 0.15) is 12.1 Å².